The fourth-order valence-corrected chi connectivity index (χ4v) is 5.84. The first-order valence-electron chi connectivity index (χ1n) is 16.4. The first kappa shape index (κ1) is 37.2. The van der Waals surface area contributed by atoms with Gasteiger partial charge in [-0.25, -0.2) is 0 Å². The van der Waals surface area contributed by atoms with Gasteiger partial charge < -0.3 is 10.1 Å². The Morgan fingerprint density at radius 3 is 2.21 bits per heavy atom. The Morgan fingerprint density at radius 2 is 1.62 bits per heavy atom. The number of aryl methyl sites for hydroxylation is 3. The second kappa shape index (κ2) is 21.8. The predicted octanol–water partition coefficient (Wildman–Crippen LogP) is 9.78. The lowest BCUT2D eigenvalue weighted by molar-refractivity contribution is -0.121. The average molecular weight is 584 g/mol. The molecule has 0 saturated heterocycles. The minimum atomic E-state index is 0. The summed E-state index contributed by atoms with van der Waals surface area (Å²) in [6.45, 7) is 14.2. The quantitative estimate of drug-likeness (QED) is 0.209. The number of aromatic nitrogens is 1. The zero-order valence-electron chi connectivity index (χ0n) is 28.0. The second-order valence-electron chi connectivity index (χ2n) is 11.6. The van der Waals surface area contributed by atoms with Crippen LogP contribution < -0.4 is 5.32 Å². The van der Waals surface area contributed by atoms with E-state index in [1.54, 1.807) is 0 Å². The van der Waals surface area contributed by atoms with Crippen molar-refractivity contribution in [2.75, 3.05) is 7.05 Å². The molecule has 0 aliphatic heterocycles. The van der Waals surface area contributed by atoms with Gasteiger partial charge in [0.1, 0.15) is 6.29 Å². The van der Waals surface area contributed by atoms with E-state index in [0.717, 1.165) is 55.6 Å². The molecule has 2 fully saturated rings. The van der Waals surface area contributed by atoms with Gasteiger partial charge in [-0.3, -0.25) is 14.8 Å². The Morgan fingerprint density at radius 1 is 1.00 bits per heavy atom. The fourth-order valence-electron chi connectivity index (χ4n) is 5.84. The van der Waals surface area contributed by atoms with Gasteiger partial charge in [-0.05, 0) is 81.5 Å². The molecule has 2 saturated carbocycles. The number of benzene rings is 1. The highest BCUT2D eigenvalue weighted by Gasteiger charge is 2.26. The number of carbonyl (C=O) groups is 2. The molecule has 0 spiro atoms. The van der Waals surface area contributed by atoms with E-state index >= 15 is 0 Å². The summed E-state index contributed by atoms with van der Waals surface area (Å²) in [7, 11) is 1.82. The molecule has 2 aromatic rings. The van der Waals surface area contributed by atoms with Crippen molar-refractivity contribution in [2.24, 2.45) is 10.9 Å². The average Bonchev–Trinajstić information content (AvgIpc) is 3.23. The Hall–Kier alpha value is -2.82. The Labute approximate surface area is 261 Å². The monoisotopic (exact) mass is 584 g/mol. The van der Waals surface area contributed by atoms with Gasteiger partial charge in [-0.15, -0.1) is 0 Å². The lowest BCUT2D eigenvalue weighted by Crippen LogP contribution is -2.35. The molecule has 5 heteroatoms. The van der Waals surface area contributed by atoms with Crippen LogP contribution in [0, 0.1) is 26.7 Å². The Kier molecular flexibility index (Phi) is 19.3. The lowest BCUT2D eigenvalue weighted by Gasteiger charge is -2.23. The number of nitrogens with one attached hydrogen (secondary N) is 1. The molecule has 2 unspecified atom stereocenters. The van der Waals surface area contributed by atoms with Gasteiger partial charge in [0, 0.05) is 47.7 Å². The van der Waals surface area contributed by atoms with E-state index in [2.05, 4.69) is 50.1 Å². The molecule has 1 N–H and O–H groups in total. The van der Waals surface area contributed by atoms with E-state index < -0.39 is 0 Å². The number of aldehydes is 1. The topological polar surface area (TPSA) is 71.4 Å². The van der Waals surface area contributed by atoms with Crippen LogP contribution in [0.25, 0.3) is 0 Å². The van der Waals surface area contributed by atoms with Crippen LogP contribution in [0.15, 0.2) is 35.5 Å². The number of nitrogens with zero attached hydrogens (tertiary/aromatic N) is 2. The zero-order chi connectivity index (χ0) is 31.3. The van der Waals surface area contributed by atoms with E-state index in [1.807, 2.05) is 45.4 Å². The van der Waals surface area contributed by atoms with Crippen LogP contribution in [-0.4, -0.2) is 36.5 Å². The summed E-state index contributed by atoms with van der Waals surface area (Å²) in [5, 5.41) is 3.33. The SMILES string of the molecule is CC.CC1CCCCC1.CC=O.CN=Cc1c(C2CCCCC(NC(=O)CCc3ccccc3C)C2)ncc(C)c1C.[HH].[HH].[HH]. The molecular weight excluding hydrogens is 518 g/mol. The third-order valence-electron chi connectivity index (χ3n) is 8.38. The summed E-state index contributed by atoms with van der Waals surface area (Å²) in [5.41, 5.74) is 7.27. The predicted molar refractivity (Wildman–Crippen MR) is 186 cm³/mol. The van der Waals surface area contributed by atoms with Crippen LogP contribution in [-0.2, 0) is 16.0 Å². The molecule has 1 heterocycles. The Balaban J connectivity index is -0.00000100. The van der Waals surface area contributed by atoms with Crippen molar-refractivity contribution in [3.05, 3.63) is 64.0 Å². The van der Waals surface area contributed by atoms with Crippen LogP contribution in [0.5, 0.6) is 0 Å². The van der Waals surface area contributed by atoms with Gasteiger partial charge >= 0.3 is 0 Å². The largest absolute Gasteiger partial charge is 0.353 e. The molecule has 1 aromatic carbocycles. The van der Waals surface area contributed by atoms with Crippen LogP contribution >= 0.6 is 0 Å². The third kappa shape index (κ3) is 13.4. The van der Waals surface area contributed by atoms with Crippen molar-refractivity contribution in [3.63, 3.8) is 0 Å². The van der Waals surface area contributed by atoms with Crippen molar-refractivity contribution in [1.29, 1.82) is 0 Å². The van der Waals surface area contributed by atoms with Gasteiger partial charge in [-0.1, -0.05) is 90.0 Å². The van der Waals surface area contributed by atoms with E-state index in [0.29, 0.717) is 12.3 Å². The smallest absolute Gasteiger partial charge is 0.220 e. The van der Waals surface area contributed by atoms with E-state index in [1.165, 1.54) is 67.7 Å². The molecule has 240 valence electrons. The number of amides is 1. The number of pyridine rings is 1. The van der Waals surface area contributed by atoms with Crippen LogP contribution in [0.3, 0.4) is 0 Å². The van der Waals surface area contributed by atoms with Gasteiger partial charge in [-0.2, -0.15) is 0 Å². The first-order valence-corrected chi connectivity index (χ1v) is 16.4. The molecule has 2 aliphatic carbocycles. The summed E-state index contributed by atoms with van der Waals surface area (Å²) < 4.78 is 0. The Bertz CT molecular complexity index is 1090. The molecule has 4 rings (SSSR count). The van der Waals surface area contributed by atoms with E-state index in [9.17, 15) is 4.79 Å². The van der Waals surface area contributed by atoms with Gasteiger partial charge in [0.05, 0.1) is 5.69 Å². The first-order chi connectivity index (χ1) is 20.3. The highest BCUT2D eigenvalue weighted by atomic mass is 16.1. The summed E-state index contributed by atoms with van der Waals surface area (Å²) in [4.78, 5) is 30.6. The van der Waals surface area contributed by atoms with Crippen molar-refractivity contribution < 1.29 is 13.9 Å². The normalized spacial score (nSPS) is 18.7. The number of rotatable bonds is 6. The molecule has 42 heavy (non-hydrogen) atoms. The van der Waals surface area contributed by atoms with Crippen molar-refractivity contribution in [1.82, 2.24) is 10.3 Å². The van der Waals surface area contributed by atoms with Gasteiger partial charge in [0.15, 0.2) is 0 Å². The van der Waals surface area contributed by atoms with Crippen molar-refractivity contribution >= 4 is 18.4 Å². The lowest BCUT2D eigenvalue weighted by atomic mass is 9.89. The van der Waals surface area contributed by atoms with Gasteiger partial charge in [0.2, 0.25) is 5.91 Å². The number of carbonyl (C=O) groups excluding carboxylic acids is 2. The zero-order valence-corrected chi connectivity index (χ0v) is 28.0. The highest BCUT2D eigenvalue weighted by Crippen LogP contribution is 2.33. The maximum atomic E-state index is 12.7. The molecule has 0 radical (unpaired) electrons. The standard InChI is InChI=1S/C26H35N3O.C7H14.C2H4O.C2H6.3H2/c1-18-9-5-6-10-21(18)13-14-25(30)29-23-12-8-7-11-22(15-23)26-24(17-27-4)20(3)19(2)16-28-26;1-7-5-3-2-4-6-7;1-2-3;1-2;;;/h5-6,9-10,16-17,22-23H,7-8,11-15H2,1-4H3,(H,29,30);7H,2-6H2,1H3;2H,1H3;1-2H3;3*1H. The fraction of sp³-hybridized carbons (Fsp3) is 0.622. The summed E-state index contributed by atoms with van der Waals surface area (Å²) in [6, 6.07) is 8.53. The van der Waals surface area contributed by atoms with Crippen molar-refractivity contribution in [3.8, 4) is 0 Å². The van der Waals surface area contributed by atoms with E-state index in [-0.39, 0.29) is 16.2 Å². The molecule has 0 bridgehead atoms. The second-order valence-corrected chi connectivity index (χ2v) is 11.6. The molecule has 2 aliphatic rings. The number of aliphatic imine (C=N–C) groups is 1. The molecule has 5 nitrogen and oxygen atoms in total. The molecule has 1 amide bonds. The number of hydrogen-bond acceptors (Lipinski definition) is 4. The molecular formula is C37H65N3O2. The molecule has 2 atom stereocenters. The van der Waals surface area contributed by atoms with Crippen LogP contribution in [0.2, 0.25) is 0 Å². The summed E-state index contributed by atoms with van der Waals surface area (Å²) in [5.74, 6) is 1.56. The van der Waals surface area contributed by atoms with E-state index in [4.69, 9.17) is 9.78 Å². The van der Waals surface area contributed by atoms with Crippen molar-refractivity contribution in [2.45, 2.75) is 137 Å². The number of hydrogen-bond donors (Lipinski definition) is 1. The minimum absolute atomic E-state index is 0. The molecule has 1 aromatic heterocycles. The van der Waals surface area contributed by atoms with Crippen LogP contribution in [0.4, 0.5) is 0 Å². The summed E-state index contributed by atoms with van der Waals surface area (Å²) >= 11 is 0. The maximum absolute atomic E-state index is 12.7. The summed E-state index contributed by atoms with van der Waals surface area (Å²) in [6.07, 6.45) is 18.9. The maximum Gasteiger partial charge on any atom is 0.220 e. The highest BCUT2D eigenvalue weighted by molar-refractivity contribution is 5.83. The van der Waals surface area contributed by atoms with Gasteiger partial charge in [0.25, 0.3) is 0 Å². The van der Waals surface area contributed by atoms with Crippen LogP contribution in [0.1, 0.15) is 142 Å². The third-order valence-corrected chi connectivity index (χ3v) is 8.38. The minimum Gasteiger partial charge on any atom is -0.353 e.